The van der Waals surface area contributed by atoms with Gasteiger partial charge in [0.1, 0.15) is 12.0 Å². The van der Waals surface area contributed by atoms with Crippen LogP contribution in [0.1, 0.15) is 13.3 Å². The Morgan fingerprint density at radius 3 is 3.06 bits per heavy atom. The second kappa shape index (κ2) is 3.90. The number of hydrogen-bond acceptors (Lipinski definition) is 4. The van der Waals surface area contributed by atoms with Gasteiger partial charge in [-0.15, -0.1) is 0 Å². The third-order valence-electron chi connectivity index (χ3n) is 2.75. The van der Waals surface area contributed by atoms with E-state index in [1.807, 2.05) is 13.0 Å². The van der Waals surface area contributed by atoms with Crippen LogP contribution in [0.5, 0.6) is 0 Å². The molecule has 1 unspecified atom stereocenters. The molecule has 0 aromatic rings. The molecule has 2 rings (SSSR count). The smallest absolute Gasteiger partial charge is 0.181 e. The van der Waals surface area contributed by atoms with Crippen molar-refractivity contribution in [3.63, 3.8) is 0 Å². The van der Waals surface area contributed by atoms with Crippen LogP contribution in [-0.2, 0) is 9.53 Å². The number of nitrogens with zero attached hydrogens (tertiary/aromatic N) is 1. The third kappa shape index (κ3) is 1.61. The Bertz CT molecular complexity index is 462. The van der Waals surface area contributed by atoms with Crippen molar-refractivity contribution in [3.8, 4) is 0 Å². The molecule has 0 saturated heterocycles. The standard InChI is InChI=1S/C11H10BrNO3/c1-11-4-8(12)2-3-9(11)16-6-7(5-13-15)10(11)14/h2-3,5-6,15H,4H2,1H3/b13-5+. The zero-order valence-corrected chi connectivity index (χ0v) is 10.2. The van der Waals surface area contributed by atoms with Gasteiger partial charge in [-0.2, -0.15) is 0 Å². The van der Waals surface area contributed by atoms with E-state index in [4.69, 9.17) is 9.94 Å². The lowest BCUT2D eigenvalue weighted by atomic mass is 9.74. The molecule has 0 bridgehead atoms. The van der Waals surface area contributed by atoms with Crippen LogP contribution in [0.3, 0.4) is 0 Å². The number of oxime groups is 1. The number of carbonyl (C=O) groups excluding carboxylic acids is 1. The molecule has 4 nitrogen and oxygen atoms in total. The van der Waals surface area contributed by atoms with Crippen LogP contribution in [0.25, 0.3) is 0 Å². The highest BCUT2D eigenvalue weighted by Crippen LogP contribution is 2.44. The van der Waals surface area contributed by atoms with Crippen molar-refractivity contribution in [1.82, 2.24) is 0 Å². The van der Waals surface area contributed by atoms with Crippen molar-refractivity contribution in [2.45, 2.75) is 13.3 Å². The van der Waals surface area contributed by atoms with Gasteiger partial charge in [0, 0.05) is 0 Å². The minimum absolute atomic E-state index is 0.104. The molecular weight excluding hydrogens is 274 g/mol. The van der Waals surface area contributed by atoms with Crippen molar-refractivity contribution in [1.29, 1.82) is 0 Å². The molecule has 0 saturated carbocycles. The summed E-state index contributed by atoms with van der Waals surface area (Å²) in [6.45, 7) is 1.81. The number of fused-ring (bicyclic) bond motifs is 1. The van der Waals surface area contributed by atoms with Crippen molar-refractivity contribution in [2.75, 3.05) is 0 Å². The molecule has 1 heterocycles. The molecule has 0 radical (unpaired) electrons. The maximum Gasteiger partial charge on any atom is 0.181 e. The number of hydrogen-bond donors (Lipinski definition) is 1. The highest BCUT2D eigenvalue weighted by Gasteiger charge is 2.44. The van der Waals surface area contributed by atoms with Crippen LogP contribution in [0.15, 0.2) is 39.4 Å². The maximum absolute atomic E-state index is 12.2. The van der Waals surface area contributed by atoms with E-state index >= 15 is 0 Å². The lowest BCUT2D eigenvalue weighted by Gasteiger charge is -2.34. The van der Waals surface area contributed by atoms with Crippen LogP contribution in [0, 0.1) is 5.41 Å². The summed E-state index contributed by atoms with van der Waals surface area (Å²) in [5.41, 5.74) is -0.442. The minimum atomic E-state index is -0.709. The van der Waals surface area contributed by atoms with Gasteiger partial charge in [-0.3, -0.25) is 4.79 Å². The number of carbonyl (C=O) groups is 1. The summed E-state index contributed by atoms with van der Waals surface area (Å²) in [4.78, 5) is 12.2. The van der Waals surface area contributed by atoms with Crippen LogP contribution >= 0.6 is 15.9 Å². The highest BCUT2D eigenvalue weighted by molar-refractivity contribution is 9.11. The Balaban J connectivity index is 2.43. The van der Waals surface area contributed by atoms with E-state index in [1.54, 1.807) is 6.08 Å². The summed E-state index contributed by atoms with van der Waals surface area (Å²) in [6, 6.07) is 0. The Morgan fingerprint density at radius 1 is 1.62 bits per heavy atom. The lowest BCUT2D eigenvalue weighted by Crippen LogP contribution is -2.36. The van der Waals surface area contributed by atoms with Crippen LogP contribution < -0.4 is 0 Å². The second-order valence-corrected chi connectivity index (χ2v) is 4.94. The van der Waals surface area contributed by atoms with Gasteiger partial charge in [0.2, 0.25) is 0 Å². The molecule has 0 spiro atoms. The summed E-state index contributed by atoms with van der Waals surface area (Å²) < 4.78 is 6.32. The topological polar surface area (TPSA) is 58.9 Å². The molecule has 1 aliphatic heterocycles. The number of halogens is 1. The van der Waals surface area contributed by atoms with Crippen molar-refractivity contribution < 1.29 is 14.7 Å². The van der Waals surface area contributed by atoms with Gasteiger partial charge in [-0.1, -0.05) is 21.1 Å². The first-order chi connectivity index (χ1) is 7.58. The first kappa shape index (κ1) is 11.1. The first-order valence-corrected chi connectivity index (χ1v) is 5.53. The SMILES string of the molecule is CC12CC(Br)=CC=C1OC=C(/C=N/O)C2=O. The van der Waals surface area contributed by atoms with Crippen LogP contribution in [-0.4, -0.2) is 17.2 Å². The molecule has 16 heavy (non-hydrogen) atoms. The van der Waals surface area contributed by atoms with E-state index in [0.29, 0.717) is 12.2 Å². The molecule has 0 aromatic carbocycles. The maximum atomic E-state index is 12.2. The summed E-state index contributed by atoms with van der Waals surface area (Å²) >= 11 is 3.38. The van der Waals surface area contributed by atoms with Crippen molar-refractivity contribution in [3.05, 3.63) is 34.2 Å². The zero-order valence-electron chi connectivity index (χ0n) is 8.61. The highest BCUT2D eigenvalue weighted by atomic mass is 79.9. The summed E-state index contributed by atoms with van der Waals surface area (Å²) in [5, 5.41) is 11.3. The van der Waals surface area contributed by atoms with Crippen LogP contribution in [0.2, 0.25) is 0 Å². The van der Waals surface area contributed by atoms with Gasteiger partial charge in [-0.25, -0.2) is 0 Å². The lowest BCUT2D eigenvalue weighted by molar-refractivity contribution is -0.124. The predicted molar refractivity (Wildman–Crippen MR) is 62.3 cm³/mol. The molecule has 1 atom stereocenters. The largest absolute Gasteiger partial charge is 0.467 e. The monoisotopic (exact) mass is 283 g/mol. The normalized spacial score (nSPS) is 29.1. The molecule has 1 N–H and O–H groups in total. The second-order valence-electron chi connectivity index (χ2n) is 3.92. The quantitative estimate of drug-likeness (QED) is 0.457. The summed E-state index contributed by atoms with van der Waals surface area (Å²) in [7, 11) is 0. The van der Waals surface area contributed by atoms with E-state index < -0.39 is 5.41 Å². The van der Waals surface area contributed by atoms with Gasteiger partial charge in [0.25, 0.3) is 0 Å². The Labute approximate surface area is 101 Å². The Kier molecular flexibility index (Phi) is 2.71. The van der Waals surface area contributed by atoms with Gasteiger partial charge in [0.05, 0.1) is 17.2 Å². The fourth-order valence-corrected chi connectivity index (χ4v) is 2.54. The van der Waals surface area contributed by atoms with E-state index in [0.717, 1.165) is 10.7 Å². The fourth-order valence-electron chi connectivity index (χ4n) is 1.85. The zero-order chi connectivity index (χ0) is 11.8. The van der Waals surface area contributed by atoms with Crippen molar-refractivity contribution in [2.24, 2.45) is 10.6 Å². The molecule has 5 heteroatoms. The average Bonchev–Trinajstić information content (AvgIpc) is 2.24. The first-order valence-electron chi connectivity index (χ1n) is 4.74. The summed E-state index contributed by atoms with van der Waals surface area (Å²) in [6.07, 6.45) is 6.59. The van der Waals surface area contributed by atoms with Gasteiger partial charge in [-0.05, 0) is 30.0 Å². The number of Topliss-reactive ketones (excluding diaryl/α,β-unsaturated/α-hetero) is 1. The predicted octanol–water partition coefficient (Wildman–Crippen LogP) is 2.50. The van der Waals surface area contributed by atoms with E-state index in [9.17, 15) is 4.79 Å². The van der Waals surface area contributed by atoms with Crippen molar-refractivity contribution >= 4 is 27.9 Å². The van der Waals surface area contributed by atoms with E-state index in [1.165, 1.54) is 6.26 Å². The Morgan fingerprint density at radius 2 is 2.38 bits per heavy atom. The number of ketones is 1. The molecule has 84 valence electrons. The van der Waals surface area contributed by atoms with Gasteiger partial charge < -0.3 is 9.94 Å². The van der Waals surface area contributed by atoms with E-state index in [2.05, 4.69) is 21.1 Å². The van der Waals surface area contributed by atoms with Crippen LogP contribution in [0.4, 0.5) is 0 Å². The third-order valence-corrected chi connectivity index (χ3v) is 3.30. The molecule has 2 aliphatic rings. The van der Waals surface area contributed by atoms with E-state index in [-0.39, 0.29) is 11.4 Å². The molecule has 0 fully saturated rings. The van der Waals surface area contributed by atoms with Gasteiger partial charge >= 0.3 is 0 Å². The number of ether oxygens (including phenoxy) is 1. The Hall–Kier alpha value is -1.36. The number of allylic oxidation sites excluding steroid dienone is 5. The molecule has 0 aromatic heterocycles. The number of rotatable bonds is 1. The minimum Gasteiger partial charge on any atom is -0.467 e. The summed E-state index contributed by atoms with van der Waals surface area (Å²) in [5.74, 6) is 0.517. The fraction of sp³-hybridized carbons (Fsp3) is 0.273. The van der Waals surface area contributed by atoms with Gasteiger partial charge in [0.15, 0.2) is 5.78 Å². The average molecular weight is 284 g/mol. The molecule has 0 amide bonds. The molecular formula is C11H10BrNO3. The molecule has 1 aliphatic carbocycles.